The molecule has 0 amide bonds. The van der Waals surface area contributed by atoms with Crippen molar-refractivity contribution in [2.24, 2.45) is 5.11 Å². The standard InChI is InChI=1S/C42H45N3O12/c1-50-42-35(44-45-43)38(52-25-28-16-8-3-9-17-28)37(34(56-42)26-53-39(48)29-18-10-4-11-19-29)57-41-32(54-40(49)30-20-12-5-13-21-30)22-31(36(47)33(23-46)55-41)51-24-27-14-6-2-7-15-27/h2-21,31-38,41-42,46-47H,22-26H2,1H3/t31?,32?,33?,34?,35?,36-,37+,38?,41-,42-/m0/s1. The third-order valence-corrected chi connectivity index (χ3v) is 9.59. The topological polar surface area (TPSA) is 197 Å². The number of rotatable bonds is 16. The third-order valence-electron chi connectivity index (χ3n) is 9.59. The summed E-state index contributed by atoms with van der Waals surface area (Å²) in [5, 5.41) is 26.0. The van der Waals surface area contributed by atoms with Crippen LogP contribution in [-0.4, -0.2) is 104 Å². The van der Waals surface area contributed by atoms with Gasteiger partial charge in [-0.15, -0.1) is 0 Å². The second-order valence-corrected chi connectivity index (χ2v) is 13.4. The van der Waals surface area contributed by atoms with Crippen LogP contribution in [0.5, 0.6) is 0 Å². The summed E-state index contributed by atoms with van der Waals surface area (Å²) < 4.78 is 49.3. The number of hydrogen-bond donors (Lipinski definition) is 2. The highest BCUT2D eigenvalue weighted by molar-refractivity contribution is 5.89. The Balaban J connectivity index is 1.36. The van der Waals surface area contributed by atoms with E-state index >= 15 is 0 Å². The molecule has 0 aliphatic carbocycles. The number of carbonyl (C=O) groups is 2. The summed E-state index contributed by atoms with van der Waals surface area (Å²) in [4.78, 5) is 29.8. The first-order valence-electron chi connectivity index (χ1n) is 18.5. The molecule has 6 unspecified atom stereocenters. The van der Waals surface area contributed by atoms with Crippen molar-refractivity contribution in [3.8, 4) is 0 Å². The van der Waals surface area contributed by atoms with E-state index in [-0.39, 0.29) is 31.8 Å². The van der Waals surface area contributed by atoms with E-state index in [9.17, 15) is 25.3 Å². The van der Waals surface area contributed by atoms with Gasteiger partial charge in [0, 0.05) is 18.4 Å². The smallest absolute Gasteiger partial charge is 0.338 e. The van der Waals surface area contributed by atoms with Crippen molar-refractivity contribution < 1.29 is 57.7 Å². The Morgan fingerprint density at radius 3 is 1.84 bits per heavy atom. The minimum absolute atomic E-state index is 0.0289. The predicted octanol–water partition coefficient (Wildman–Crippen LogP) is 5.14. The van der Waals surface area contributed by atoms with E-state index in [2.05, 4.69) is 10.0 Å². The van der Waals surface area contributed by atoms with E-state index in [1.165, 1.54) is 7.11 Å². The number of aliphatic hydroxyl groups is 2. The minimum atomic E-state index is -1.51. The molecule has 2 fully saturated rings. The van der Waals surface area contributed by atoms with Crippen LogP contribution in [0.4, 0.5) is 0 Å². The molecule has 10 atom stereocenters. The quantitative estimate of drug-likeness (QED) is 0.0658. The van der Waals surface area contributed by atoms with Gasteiger partial charge in [-0.25, -0.2) is 9.59 Å². The van der Waals surface area contributed by atoms with Gasteiger partial charge in [0.15, 0.2) is 18.7 Å². The van der Waals surface area contributed by atoms with Crippen LogP contribution in [0, 0.1) is 0 Å². The SMILES string of the molecule is CO[C@H]1OC(COC(=O)c2ccccc2)[C@@H](O[C@@H]2OC(CO)[C@@H](O)C(OCc3ccccc3)CC2OC(=O)c2ccccc2)C(OCc2ccccc2)C1N=[N+]=[N-]. The third kappa shape index (κ3) is 11.0. The number of azide groups is 1. The average Bonchev–Trinajstić information content (AvgIpc) is 3.38. The molecule has 4 aromatic carbocycles. The molecule has 0 bridgehead atoms. The van der Waals surface area contributed by atoms with Gasteiger partial charge in [0.05, 0.1) is 37.1 Å². The van der Waals surface area contributed by atoms with Crippen molar-refractivity contribution in [3.05, 3.63) is 154 Å². The molecule has 2 N–H and O–H groups in total. The molecular formula is C42H45N3O12. The number of nitrogens with zero attached hydrogens (tertiary/aromatic N) is 3. The van der Waals surface area contributed by atoms with Crippen LogP contribution in [0.25, 0.3) is 10.4 Å². The molecule has 2 heterocycles. The van der Waals surface area contributed by atoms with E-state index in [1.807, 2.05) is 60.7 Å². The van der Waals surface area contributed by atoms with E-state index in [0.29, 0.717) is 5.56 Å². The van der Waals surface area contributed by atoms with Gasteiger partial charge in [-0.3, -0.25) is 0 Å². The highest BCUT2D eigenvalue weighted by atomic mass is 16.7. The summed E-state index contributed by atoms with van der Waals surface area (Å²) in [7, 11) is 1.36. The number of hydrogen-bond acceptors (Lipinski definition) is 13. The van der Waals surface area contributed by atoms with Gasteiger partial charge >= 0.3 is 11.9 Å². The van der Waals surface area contributed by atoms with E-state index in [0.717, 1.165) is 11.1 Å². The van der Waals surface area contributed by atoms with E-state index in [4.69, 9.17) is 37.9 Å². The average molecular weight is 784 g/mol. The number of methoxy groups -OCH3 is 1. The largest absolute Gasteiger partial charge is 0.459 e. The summed E-state index contributed by atoms with van der Waals surface area (Å²) in [5.74, 6) is -1.36. The van der Waals surface area contributed by atoms with Crippen LogP contribution in [0.15, 0.2) is 126 Å². The van der Waals surface area contributed by atoms with Crippen LogP contribution in [-0.2, 0) is 51.1 Å². The van der Waals surface area contributed by atoms with Crippen molar-refractivity contribution in [2.45, 2.75) is 81.0 Å². The summed E-state index contributed by atoms with van der Waals surface area (Å²) in [6.45, 7) is -0.923. The second-order valence-electron chi connectivity index (χ2n) is 13.4. The lowest BCUT2D eigenvalue weighted by atomic mass is 9.96. The molecule has 15 heteroatoms. The summed E-state index contributed by atoms with van der Waals surface area (Å²) in [6, 6.07) is 34.0. The number of ether oxygens (including phenoxy) is 8. The molecule has 0 saturated carbocycles. The molecular weight excluding hydrogens is 738 g/mol. The van der Waals surface area contributed by atoms with Gasteiger partial charge < -0.3 is 48.1 Å². The second kappa shape index (κ2) is 20.8. The predicted molar refractivity (Wildman–Crippen MR) is 202 cm³/mol. The van der Waals surface area contributed by atoms with Crippen LogP contribution < -0.4 is 0 Å². The Kier molecular flexibility index (Phi) is 15.1. The normalized spacial score (nSPS) is 27.4. The highest BCUT2D eigenvalue weighted by Crippen LogP contribution is 2.34. The fourth-order valence-corrected chi connectivity index (χ4v) is 6.65. The summed E-state index contributed by atoms with van der Waals surface area (Å²) in [6.07, 6.45) is -11.3. The molecule has 2 aliphatic heterocycles. The van der Waals surface area contributed by atoms with Gasteiger partial charge in [-0.05, 0) is 40.9 Å². The molecule has 57 heavy (non-hydrogen) atoms. The molecule has 2 saturated heterocycles. The number of carbonyl (C=O) groups excluding carboxylic acids is 2. The van der Waals surface area contributed by atoms with Crippen LogP contribution in [0.1, 0.15) is 38.3 Å². The number of esters is 2. The molecule has 0 radical (unpaired) electrons. The first-order valence-corrected chi connectivity index (χ1v) is 18.5. The molecule has 15 nitrogen and oxygen atoms in total. The molecule has 300 valence electrons. The lowest BCUT2D eigenvalue weighted by Crippen LogP contribution is -2.62. The Bertz CT molecular complexity index is 1890. The fourth-order valence-electron chi connectivity index (χ4n) is 6.65. The Hall–Kier alpha value is -5.19. The lowest BCUT2D eigenvalue weighted by Gasteiger charge is -2.45. The Morgan fingerprint density at radius 1 is 0.737 bits per heavy atom. The van der Waals surface area contributed by atoms with Gasteiger partial charge in [0.1, 0.15) is 43.2 Å². The first-order chi connectivity index (χ1) is 27.9. The van der Waals surface area contributed by atoms with Gasteiger partial charge in [0.25, 0.3) is 0 Å². The van der Waals surface area contributed by atoms with Crippen molar-refractivity contribution in [3.63, 3.8) is 0 Å². The molecule has 0 aromatic heterocycles. The van der Waals surface area contributed by atoms with Crippen LogP contribution in [0.2, 0.25) is 0 Å². The van der Waals surface area contributed by atoms with Gasteiger partial charge in [-0.2, -0.15) is 0 Å². The number of benzene rings is 4. The zero-order chi connectivity index (χ0) is 40.0. The summed E-state index contributed by atoms with van der Waals surface area (Å²) >= 11 is 0. The summed E-state index contributed by atoms with van der Waals surface area (Å²) in [5.41, 5.74) is 11.8. The van der Waals surface area contributed by atoms with Crippen molar-refractivity contribution in [2.75, 3.05) is 20.3 Å². The maximum Gasteiger partial charge on any atom is 0.338 e. The van der Waals surface area contributed by atoms with Gasteiger partial charge in [-0.1, -0.05) is 102 Å². The lowest BCUT2D eigenvalue weighted by molar-refractivity contribution is -0.319. The Labute approximate surface area is 329 Å². The van der Waals surface area contributed by atoms with Crippen molar-refractivity contribution in [1.29, 1.82) is 0 Å². The maximum atomic E-state index is 13.6. The minimum Gasteiger partial charge on any atom is -0.459 e. The van der Waals surface area contributed by atoms with Crippen LogP contribution >= 0.6 is 0 Å². The maximum absolute atomic E-state index is 13.6. The monoisotopic (exact) mass is 783 g/mol. The van der Waals surface area contributed by atoms with E-state index in [1.54, 1.807) is 60.7 Å². The highest BCUT2D eigenvalue weighted by Gasteiger charge is 2.51. The van der Waals surface area contributed by atoms with Crippen molar-refractivity contribution >= 4 is 11.9 Å². The molecule has 4 aromatic rings. The molecule has 0 spiro atoms. The van der Waals surface area contributed by atoms with E-state index < -0.39 is 79.9 Å². The van der Waals surface area contributed by atoms with Gasteiger partial charge in [0.2, 0.25) is 0 Å². The fraction of sp³-hybridized carbons (Fsp3) is 0.381. The zero-order valence-electron chi connectivity index (χ0n) is 31.2. The van der Waals surface area contributed by atoms with Crippen molar-refractivity contribution in [1.82, 2.24) is 0 Å². The molecule has 6 rings (SSSR count). The molecule has 2 aliphatic rings. The van der Waals surface area contributed by atoms with Crippen LogP contribution in [0.3, 0.4) is 0 Å². The Morgan fingerprint density at radius 2 is 1.28 bits per heavy atom. The zero-order valence-corrected chi connectivity index (χ0v) is 31.2. The number of aliphatic hydroxyl groups excluding tert-OH is 2. The first kappa shape index (κ1) is 41.4.